The first kappa shape index (κ1) is 21.4. The number of fused-ring (bicyclic) bond motifs is 1. The van der Waals surface area contributed by atoms with Crippen LogP contribution in [-0.2, 0) is 4.74 Å². The molecule has 0 N–H and O–H groups in total. The molecule has 1 aromatic carbocycles. The van der Waals surface area contributed by atoms with E-state index in [0.29, 0.717) is 17.1 Å². The van der Waals surface area contributed by atoms with Gasteiger partial charge in [-0.1, -0.05) is 35.9 Å². The van der Waals surface area contributed by atoms with Crippen molar-refractivity contribution in [3.63, 3.8) is 0 Å². The lowest BCUT2D eigenvalue weighted by atomic mass is 9.97. The van der Waals surface area contributed by atoms with Crippen LogP contribution in [0.3, 0.4) is 0 Å². The highest BCUT2D eigenvalue weighted by molar-refractivity contribution is 6.02. The highest BCUT2D eigenvalue weighted by Gasteiger charge is 2.36. The maximum Gasteiger partial charge on any atom is 0.419 e. The van der Waals surface area contributed by atoms with Crippen LogP contribution >= 0.6 is 0 Å². The van der Waals surface area contributed by atoms with Gasteiger partial charge in [0.2, 0.25) is 0 Å². The van der Waals surface area contributed by atoms with Crippen molar-refractivity contribution in [2.75, 3.05) is 23.5 Å². The summed E-state index contributed by atoms with van der Waals surface area (Å²) >= 11 is 0. The zero-order valence-electron chi connectivity index (χ0n) is 18.3. The van der Waals surface area contributed by atoms with E-state index >= 15 is 0 Å². The Morgan fingerprint density at radius 1 is 1.12 bits per heavy atom. The Morgan fingerprint density at radius 3 is 2.72 bits per heavy atom. The number of allylic oxidation sites excluding steroid dienone is 6. The summed E-state index contributed by atoms with van der Waals surface area (Å²) in [5.74, 6) is 0.356. The second kappa shape index (κ2) is 9.09. The van der Waals surface area contributed by atoms with Gasteiger partial charge in [-0.05, 0) is 55.7 Å². The van der Waals surface area contributed by atoms with E-state index < -0.39 is 12.2 Å². The molecular weight excluding hydrogens is 406 g/mol. The number of benzene rings is 1. The zero-order chi connectivity index (χ0) is 22.7. The number of amides is 2. The highest BCUT2D eigenvalue weighted by Crippen LogP contribution is 2.39. The maximum absolute atomic E-state index is 13.1. The fourth-order valence-electron chi connectivity index (χ4n) is 3.98. The third-order valence-corrected chi connectivity index (χ3v) is 5.55. The van der Waals surface area contributed by atoms with E-state index in [1.54, 1.807) is 28.1 Å². The fraction of sp³-hybridized carbons (Fsp3) is 0.240. The first-order valence-corrected chi connectivity index (χ1v) is 10.4. The summed E-state index contributed by atoms with van der Waals surface area (Å²) in [6.07, 6.45) is 11.1. The summed E-state index contributed by atoms with van der Waals surface area (Å²) < 4.78 is 10.6. The summed E-state index contributed by atoms with van der Waals surface area (Å²) in [5.41, 5.74) is 4.44. The summed E-state index contributed by atoms with van der Waals surface area (Å²) in [5, 5.41) is 0. The summed E-state index contributed by atoms with van der Waals surface area (Å²) in [7, 11) is 1.35. The average molecular weight is 431 g/mol. The third kappa shape index (κ3) is 4.14. The number of rotatable bonds is 2. The predicted octanol–water partition coefficient (Wildman–Crippen LogP) is 5.35. The van der Waals surface area contributed by atoms with E-state index in [0.717, 1.165) is 17.6 Å². The molecule has 4 rings (SSSR count). The maximum atomic E-state index is 13.1. The standard InChI is InChI=1S/C25H25N3O4/c1-17-8-5-4-6-10-21(17)19-11-12-22-23(14-19)27(16-18(2)28(22)25(30)31-3)24(29)32-20-9-7-13-26-15-20/h4-7,9-15,18H,8,16H2,1-3H3. The van der Waals surface area contributed by atoms with Crippen molar-refractivity contribution in [3.8, 4) is 5.75 Å². The van der Waals surface area contributed by atoms with Crippen molar-refractivity contribution in [2.45, 2.75) is 26.3 Å². The van der Waals surface area contributed by atoms with Gasteiger partial charge in [0.05, 0.1) is 37.3 Å². The number of carbonyl (C=O) groups is 2. The van der Waals surface area contributed by atoms with Gasteiger partial charge in [0, 0.05) is 6.20 Å². The molecule has 32 heavy (non-hydrogen) atoms. The van der Waals surface area contributed by atoms with E-state index in [-0.39, 0.29) is 12.6 Å². The van der Waals surface area contributed by atoms with Gasteiger partial charge in [0.1, 0.15) is 0 Å². The number of aromatic nitrogens is 1. The molecule has 0 bridgehead atoms. The van der Waals surface area contributed by atoms with Crippen LogP contribution in [0.5, 0.6) is 5.75 Å². The minimum absolute atomic E-state index is 0.264. The molecule has 2 aliphatic rings. The highest BCUT2D eigenvalue weighted by atomic mass is 16.6. The molecule has 7 heteroatoms. The van der Waals surface area contributed by atoms with Crippen molar-refractivity contribution >= 4 is 29.1 Å². The van der Waals surface area contributed by atoms with Crippen molar-refractivity contribution < 1.29 is 19.1 Å². The normalized spacial score (nSPS) is 17.7. The van der Waals surface area contributed by atoms with E-state index in [4.69, 9.17) is 9.47 Å². The Hall–Kier alpha value is -3.87. The zero-order valence-corrected chi connectivity index (χ0v) is 18.3. The first-order chi connectivity index (χ1) is 15.5. The van der Waals surface area contributed by atoms with Gasteiger partial charge >= 0.3 is 12.2 Å². The molecule has 2 amide bonds. The number of carbonyl (C=O) groups excluding carboxylic acids is 2. The van der Waals surface area contributed by atoms with E-state index in [2.05, 4.69) is 24.1 Å². The third-order valence-electron chi connectivity index (χ3n) is 5.55. The van der Waals surface area contributed by atoms with Gasteiger partial charge < -0.3 is 9.47 Å². The van der Waals surface area contributed by atoms with Crippen LogP contribution in [0.1, 0.15) is 25.8 Å². The molecule has 1 aliphatic carbocycles. The number of nitrogens with zero attached hydrogens (tertiary/aromatic N) is 3. The quantitative estimate of drug-likeness (QED) is 0.641. The molecule has 1 unspecified atom stereocenters. The molecular formula is C25H25N3O4. The molecule has 0 saturated carbocycles. The molecule has 2 heterocycles. The van der Waals surface area contributed by atoms with Crippen molar-refractivity contribution in [2.24, 2.45) is 0 Å². The summed E-state index contributed by atoms with van der Waals surface area (Å²) in [4.78, 5) is 32.8. The number of hydrogen-bond donors (Lipinski definition) is 0. The largest absolute Gasteiger partial charge is 0.452 e. The average Bonchev–Trinajstić information content (AvgIpc) is 3.02. The van der Waals surface area contributed by atoms with Crippen molar-refractivity contribution in [1.29, 1.82) is 0 Å². The van der Waals surface area contributed by atoms with Gasteiger partial charge in [0.25, 0.3) is 0 Å². The molecule has 7 nitrogen and oxygen atoms in total. The SMILES string of the molecule is COC(=O)N1c2ccc(C3=C(C)CC=CC=C3)cc2N(C(=O)Oc2cccnc2)CC1C. The molecule has 1 atom stereocenters. The Balaban J connectivity index is 1.78. The van der Waals surface area contributed by atoms with Crippen LogP contribution in [0.15, 0.2) is 72.6 Å². The minimum Gasteiger partial charge on any atom is -0.452 e. The molecule has 164 valence electrons. The first-order valence-electron chi connectivity index (χ1n) is 10.4. The van der Waals surface area contributed by atoms with Crippen molar-refractivity contribution in [3.05, 3.63) is 78.2 Å². The number of ether oxygens (including phenoxy) is 2. The Kier molecular flexibility index (Phi) is 6.07. The van der Waals surface area contributed by atoms with E-state index in [1.165, 1.54) is 18.9 Å². The van der Waals surface area contributed by atoms with Crippen molar-refractivity contribution in [1.82, 2.24) is 4.98 Å². The Bertz CT molecular complexity index is 1120. The van der Waals surface area contributed by atoms with Crippen LogP contribution in [-0.4, -0.2) is 36.9 Å². The molecule has 1 aromatic heterocycles. The number of anilines is 2. The molecule has 0 saturated heterocycles. The second-order valence-corrected chi connectivity index (χ2v) is 7.75. The molecule has 0 fully saturated rings. The Labute approximate surface area is 187 Å². The molecule has 2 aromatic rings. The number of methoxy groups -OCH3 is 1. The van der Waals surface area contributed by atoms with Gasteiger partial charge in [-0.15, -0.1) is 0 Å². The lowest BCUT2D eigenvalue weighted by molar-refractivity contribution is 0.175. The number of pyridine rings is 1. The lowest BCUT2D eigenvalue weighted by Crippen LogP contribution is -2.52. The van der Waals surface area contributed by atoms with Crippen LogP contribution in [0.25, 0.3) is 5.57 Å². The van der Waals surface area contributed by atoms with Gasteiger partial charge in [-0.25, -0.2) is 9.59 Å². The smallest absolute Gasteiger partial charge is 0.419 e. The van der Waals surface area contributed by atoms with Crippen LogP contribution in [0.4, 0.5) is 21.0 Å². The van der Waals surface area contributed by atoms with Crippen LogP contribution in [0, 0.1) is 0 Å². The minimum atomic E-state index is -0.531. The Morgan fingerprint density at radius 2 is 1.97 bits per heavy atom. The van der Waals surface area contributed by atoms with E-state index in [1.807, 2.05) is 37.3 Å². The van der Waals surface area contributed by atoms with Crippen LogP contribution < -0.4 is 14.5 Å². The van der Waals surface area contributed by atoms with Gasteiger partial charge in [0.15, 0.2) is 5.75 Å². The summed E-state index contributed by atoms with van der Waals surface area (Å²) in [6, 6.07) is 8.82. The fourth-order valence-corrected chi connectivity index (χ4v) is 3.98. The van der Waals surface area contributed by atoms with E-state index in [9.17, 15) is 9.59 Å². The topological polar surface area (TPSA) is 72.0 Å². The summed E-state index contributed by atoms with van der Waals surface area (Å²) in [6.45, 7) is 4.22. The molecule has 0 spiro atoms. The van der Waals surface area contributed by atoms with Gasteiger partial charge in [-0.2, -0.15) is 0 Å². The predicted molar refractivity (Wildman–Crippen MR) is 124 cm³/mol. The van der Waals surface area contributed by atoms with Crippen LogP contribution in [0.2, 0.25) is 0 Å². The monoisotopic (exact) mass is 431 g/mol. The molecule has 1 aliphatic heterocycles. The molecule has 0 radical (unpaired) electrons. The van der Waals surface area contributed by atoms with Gasteiger partial charge in [-0.3, -0.25) is 14.8 Å². The second-order valence-electron chi connectivity index (χ2n) is 7.75. The lowest BCUT2D eigenvalue weighted by Gasteiger charge is -2.39. The number of hydrogen-bond acceptors (Lipinski definition) is 5.